The summed E-state index contributed by atoms with van der Waals surface area (Å²) in [7, 11) is 0. The molecule has 0 aliphatic heterocycles. The van der Waals surface area contributed by atoms with Gasteiger partial charge in [-0.25, -0.2) is 9.59 Å². The van der Waals surface area contributed by atoms with Crippen LogP contribution in [0.25, 0.3) is 0 Å². The standard InChI is InChI=1S/2C14H10O3/c15-13(10-5-2-1-3-6-10)11-7-4-8-12(9-11)14(16)17;15-13(10-4-2-1-3-5-10)11-6-8-12(9-7-11)14(16)17/h2*1-9H,(H,16,17). The Bertz CT molecular complexity index is 1310. The van der Waals surface area contributed by atoms with E-state index in [2.05, 4.69) is 0 Å². The molecular formula is C28H20O6. The zero-order valence-electron chi connectivity index (χ0n) is 17.9. The fourth-order valence-corrected chi connectivity index (χ4v) is 3.07. The maximum absolute atomic E-state index is 12.0. The number of rotatable bonds is 6. The van der Waals surface area contributed by atoms with Crippen molar-refractivity contribution >= 4 is 23.5 Å². The molecule has 2 N–H and O–H groups in total. The minimum absolute atomic E-state index is 0.109. The van der Waals surface area contributed by atoms with Crippen LogP contribution < -0.4 is 0 Å². The van der Waals surface area contributed by atoms with Gasteiger partial charge in [-0.1, -0.05) is 84.9 Å². The molecule has 168 valence electrons. The average molecular weight is 452 g/mol. The van der Waals surface area contributed by atoms with E-state index in [-0.39, 0.29) is 22.7 Å². The van der Waals surface area contributed by atoms with Crippen molar-refractivity contribution in [2.45, 2.75) is 0 Å². The zero-order valence-corrected chi connectivity index (χ0v) is 17.9. The van der Waals surface area contributed by atoms with E-state index in [1.807, 2.05) is 12.1 Å². The third-order valence-corrected chi connectivity index (χ3v) is 4.84. The Balaban J connectivity index is 0.000000191. The van der Waals surface area contributed by atoms with E-state index < -0.39 is 11.9 Å². The quantitative estimate of drug-likeness (QED) is 0.388. The summed E-state index contributed by atoms with van der Waals surface area (Å²) in [6.07, 6.45) is 0. The molecule has 0 unspecified atom stereocenters. The molecule has 0 saturated heterocycles. The third-order valence-electron chi connectivity index (χ3n) is 4.84. The van der Waals surface area contributed by atoms with E-state index in [0.29, 0.717) is 22.3 Å². The Kier molecular flexibility index (Phi) is 7.81. The van der Waals surface area contributed by atoms with E-state index in [1.54, 1.807) is 60.7 Å². The summed E-state index contributed by atoms with van der Waals surface area (Å²) in [5.74, 6) is -2.31. The summed E-state index contributed by atoms with van der Waals surface area (Å²) in [5.41, 5.74) is 2.31. The molecule has 4 rings (SSSR count). The van der Waals surface area contributed by atoms with Gasteiger partial charge >= 0.3 is 11.9 Å². The minimum atomic E-state index is -1.03. The molecule has 0 bridgehead atoms. The molecule has 0 heterocycles. The fraction of sp³-hybridized carbons (Fsp3) is 0. The Labute approximate surface area is 195 Å². The highest BCUT2D eigenvalue weighted by molar-refractivity contribution is 6.10. The Hall–Kier alpha value is -4.84. The molecule has 0 amide bonds. The predicted molar refractivity (Wildman–Crippen MR) is 127 cm³/mol. The average Bonchev–Trinajstić information content (AvgIpc) is 2.89. The van der Waals surface area contributed by atoms with Crippen molar-refractivity contribution in [3.8, 4) is 0 Å². The molecule has 0 spiro atoms. The largest absolute Gasteiger partial charge is 0.478 e. The number of carbonyl (C=O) groups is 4. The number of ketones is 2. The lowest BCUT2D eigenvalue weighted by Gasteiger charge is -2.02. The van der Waals surface area contributed by atoms with E-state index in [1.165, 1.54) is 36.4 Å². The molecule has 0 aliphatic carbocycles. The van der Waals surface area contributed by atoms with E-state index >= 15 is 0 Å². The van der Waals surface area contributed by atoms with Gasteiger partial charge in [-0.3, -0.25) is 9.59 Å². The van der Waals surface area contributed by atoms with Gasteiger partial charge in [0.1, 0.15) is 0 Å². The van der Waals surface area contributed by atoms with Crippen LogP contribution >= 0.6 is 0 Å². The lowest BCUT2D eigenvalue weighted by atomic mass is 10.0. The van der Waals surface area contributed by atoms with Crippen molar-refractivity contribution in [2.75, 3.05) is 0 Å². The summed E-state index contributed by atoms with van der Waals surface area (Å²) in [6, 6.07) is 29.6. The first-order valence-corrected chi connectivity index (χ1v) is 10.2. The first-order chi connectivity index (χ1) is 16.4. The van der Waals surface area contributed by atoms with Crippen molar-refractivity contribution in [3.05, 3.63) is 143 Å². The van der Waals surface area contributed by atoms with Crippen LogP contribution in [0, 0.1) is 0 Å². The topological polar surface area (TPSA) is 109 Å². The van der Waals surface area contributed by atoms with E-state index in [4.69, 9.17) is 10.2 Å². The van der Waals surface area contributed by atoms with Crippen LogP contribution in [-0.2, 0) is 0 Å². The monoisotopic (exact) mass is 452 g/mol. The molecule has 0 aliphatic rings. The van der Waals surface area contributed by atoms with Gasteiger partial charge in [0, 0.05) is 22.3 Å². The predicted octanol–water partition coefficient (Wildman–Crippen LogP) is 5.23. The van der Waals surface area contributed by atoms with Crippen molar-refractivity contribution in [1.29, 1.82) is 0 Å². The summed E-state index contributed by atoms with van der Waals surface area (Å²) in [4.78, 5) is 45.5. The second kappa shape index (κ2) is 11.2. The van der Waals surface area contributed by atoms with Gasteiger partial charge in [0.15, 0.2) is 11.6 Å². The van der Waals surface area contributed by atoms with Crippen LogP contribution in [0.15, 0.2) is 109 Å². The SMILES string of the molecule is O=C(O)c1ccc(C(=O)c2ccccc2)cc1.O=C(O)c1cccc(C(=O)c2ccccc2)c1. The maximum atomic E-state index is 12.0. The first kappa shape index (κ1) is 23.8. The summed E-state index contributed by atoms with van der Waals surface area (Å²) < 4.78 is 0. The highest BCUT2D eigenvalue weighted by Crippen LogP contribution is 2.12. The zero-order chi connectivity index (χ0) is 24.5. The molecule has 0 saturated carbocycles. The normalized spacial score (nSPS) is 9.88. The summed E-state index contributed by atoms with van der Waals surface area (Å²) in [5, 5.41) is 17.6. The molecule has 6 nitrogen and oxygen atoms in total. The van der Waals surface area contributed by atoms with Gasteiger partial charge in [-0.2, -0.15) is 0 Å². The van der Waals surface area contributed by atoms with Crippen LogP contribution in [0.3, 0.4) is 0 Å². The number of hydrogen-bond donors (Lipinski definition) is 2. The van der Waals surface area contributed by atoms with Crippen molar-refractivity contribution in [2.24, 2.45) is 0 Å². The molecule has 0 atom stereocenters. The van der Waals surface area contributed by atoms with E-state index in [0.717, 1.165) is 0 Å². The van der Waals surface area contributed by atoms with Crippen molar-refractivity contribution in [3.63, 3.8) is 0 Å². The highest BCUT2D eigenvalue weighted by atomic mass is 16.4. The van der Waals surface area contributed by atoms with Gasteiger partial charge < -0.3 is 10.2 Å². The molecule has 4 aromatic rings. The second-order valence-electron chi connectivity index (χ2n) is 7.16. The molecule has 4 aromatic carbocycles. The number of carbonyl (C=O) groups excluding carboxylic acids is 2. The van der Waals surface area contributed by atoms with Gasteiger partial charge in [-0.15, -0.1) is 0 Å². The Morgan fingerprint density at radius 3 is 1.21 bits per heavy atom. The van der Waals surface area contributed by atoms with Gasteiger partial charge in [0.25, 0.3) is 0 Å². The Morgan fingerprint density at radius 1 is 0.382 bits per heavy atom. The van der Waals surface area contributed by atoms with Gasteiger partial charge in [0.05, 0.1) is 11.1 Å². The molecular weight excluding hydrogens is 432 g/mol. The summed E-state index contributed by atoms with van der Waals surface area (Å²) in [6.45, 7) is 0. The van der Waals surface area contributed by atoms with Crippen LogP contribution in [-0.4, -0.2) is 33.7 Å². The number of carboxylic acid groups (broad SMARTS) is 2. The lowest BCUT2D eigenvalue weighted by Crippen LogP contribution is -2.03. The van der Waals surface area contributed by atoms with Crippen LogP contribution in [0.2, 0.25) is 0 Å². The maximum Gasteiger partial charge on any atom is 0.335 e. The highest BCUT2D eigenvalue weighted by Gasteiger charge is 2.11. The van der Waals surface area contributed by atoms with Crippen LogP contribution in [0.5, 0.6) is 0 Å². The minimum Gasteiger partial charge on any atom is -0.478 e. The van der Waals surface area contributed by atoms with Crippen LogP contribution in [0.1, 0.15) is 52.6 Å². The summed E-state index contributed by atoms with van der Waals surface area (Å²) >= 11 is 0. The Morgan fingerprint density at radius 2 is 0.735 bits per heavy atom. The van der Waals surface area contributed by atoms with Crippen LogP contribution in [0.4, 0.5) is 0 Å². The number of hydrogen-bond acceptors (Lipinski definition) is 4. The number of aromatic carboxylic acids is 2. The van der Waals surface area contributed by atoms with E-state index in [9.17, 15) is 19.2 Å². The number of carboxylic acids is 2. The number of benzene rings is 4. The van der Waals surface area contributed by atoms with Crippen molar-refractivity contribution < 1.29 is 29.4 Å². The first-order valence-electron chi connectivity index (χ1n) is 10.2. The molecule has 6 heteroatoms. The smallest absolute Gasteiger partial charge is 0.335 e. The third kappa shape index (κ3) is 6.11. The van der Waals surface area contributed by atoms with Gasteiger partial charge in [0.2, 0.25) is 0 Å². The lowest BCUT2D eigenvalue weighted by molar-refractivity contribution is 0.0686. The molecule has 0 radical (unpaired) electrons. The molecule has 0 aromatic heterocycles. The molecule has 34 heavy (non-hydrogen) atoms. The molecule has 0 fully saturated rings. The fourth-order valence-electron chi connectivity index (χ4n) is 3.07. The van der Waals surface area contributed by atoms with Crippen molar-refractivity contribution in [1.82, 2.24) is 0 Å². The second-order valence-corrected chi connectivity index (χ2v) is 7.16. The van der Waals surface area contributed by atoms with Gasteiger partial charge in [-0.05, 0) is 24.3 Å².